The van der Waals surface area contributed by atoms with E-state index >= 15 is 0 Å². The molecule has 0 aliphatic carbocycles. The van der Waals surface area contributed by atoms with Gasteiger partial charge in [0.25, 0.3) is 0 Å². The van der Waals surface area contributed by atoms with E-state index in [9.17, 15) is 0 Å². The zero-order chi connectivity index (χ0) is 46.1. The fourth-order valence-electron chi connectivity index (χ4n) is 5.29. The molecule has 380 valence electrons. The summed E-state index contributed by atoms with van der Waals surface area (Å²) in [5.41, 5.74) is 25.7. The molecule has 0 heterocycles. The summed E-state index contributed by atoms with van der Waals surface area (Å²) in [6, 6.07) is 0. The molecule has 0 fully saturated rings. The summed E-state index contributed by atoms with van der Waals surface area (Å²) in [4.78, 5) is 0. The van der Waals surface area contributed by atoms with Crippen molar-refractivity contribution in [1.29, 1.82) is 0 Å². The van der Waals surface area contributed by atoms with Crippen molar-refractivity contribution in [3.8, 4) is 0 Å². The van der Waals surface area contributed by atoms with Crippen molar-refractivity contribution in [2.75, 3.05) is 41.0 Å². The zero-order valence-corrected chi connectivity index (χ0v) is 52.8. The first-order valence-corrected chi connectivity index (χ1v) is 20.7. The Morgan fingerprint density at radius 3 is 0.469 bits per heavy atom. The molecule has 0 amide bonds. The van der Waals surface area contributed by atoms with E-state index in [2.05, 4.69) is 141 Å². The number of hydrogen-bond donors (Lipinski definition) is 5. The Morgan fingerprint density at radius 1 is 0.344 bits per heavy atom. The van der Waals surface area contributed by atoms with Crippen molar-refractivity contribution < 1.29 is 73.8 Å². The molecule has 3 rings (SSSR count). The topological polar surface area (TPSA) is 98.9 Å². The van der Waals surface area contributed by atoms with Crippen molar-refractivity contribution in [3.05, 3.63) is 135 Å². The van der Waals surface area contributed by atoms with Crippen LogP contribution >= 0.6 is 0 Å². The molecular formula is C55H105N3O3Ru3+2. The molecule has 0 saturated carbocycles. The summed E-state index contributed by atoms with van der Waals surface area (Å²) in [5, 5.41) is 35.3. The molecule has 0 bridgehead atoms. The van der Waals surface area contributed by atoms with Crippen LogP contribution < -0.4 is 10.6 Å². The van der Waals surface area contributed by atoms with Crippen LogP contribution in [0.1, 0.15) is 142 Å². The van der Waals surface area contributed by atoms with Crippen LogP contribution in [0.2, 0.25) is 0 Å². The average molecular weight is 1160 g/mol. The van der Waals surface area contributed by atoms with Gasteiger partial charge in [0.1, 0.15) is 0 Å². The standard InChI is InChI=1S/3C12H18.2C5H13NO.C5H12NO.4CH3.3Ru.H/c3*1-7-8(2)10(4)12(6)11(5)9(7)3;3*1-5(2,4-7)6-3;;;;;;;;/h3*1-6H3;2*6-7H,4H2,1-3H3;7H,4H2,1-3H3;4*1H3;;;;/q;;;;;5*-1;2*+2;+3;. The third kappa shape index (κ3) is 27.9. The summed E-state index contributed by atoms with van der Waals surface area (Å²) in [7, 11) is 5.36. The van der Waals surface area contributed by atoms with Gasteiger partial charge in [-0.25, -0.2) is 0 Å². The van der Waals surface area contributed by atoms with Gasteiger partial charge in [0, 0.05) is 17.7 Å². The molecule has 0 spiro atoms. The fraction of sp³-hybridized carbons (Fsp3) is 0.600. The van der Waals surface area contributed by atoms with Gasteiger partial charge in [-0.05, 0) is 267 Å². The Kier molecular flexibility index (Phi) is 52.9. The van der Waals surface area contributed by atoms with Crippen LogP contribution in [0.3, 0.4) is 0 Å². The summed E-state index contributed by atoms with van der Waals surface area (Å²) in [5.74, 6) is 0. The van der Waals surface area contributed by atoms with E-state index in [1.54, 1.807) is 7.05 Å². The molecule has 64 heavy (non-hydrogen) atoms. The Morgan fingerprint density at radius 2 is 0.453 bits per heavy atom. The van der Waals surface area contributed by atoms with Gasteiger partial charge in [0.2, 0.25) is 0 Å². The van der Waals surface area contributed by atoms with Gasteiger partial charge in [0.15, 0.2) is 0 Å². The third-order valence-electron chi connectivity index (χ3n) is 13.3. The number of likely N-dealkylation sites (N-methyl/N-ethyl adjacent to an activating group) is 3. The molecule has 0 unspecified atom stereocenters. The van der Waals surface area contributed by atoms with Gasteiger partial charge in [-0.1, -0.05) is 13.8 Å². The first kappa shape index (κ1) is 86.5. The molecule has 0 saturated heterocycles. The first-order valence-electron chi connectivity index (χ1n) is 20.7. The van der Waals surface area contributed by atoms with Crippen LogP contribution in [-0.2, 0) is 58.4 Å². The molecule has 0 atom stereocenters. The van der Waals surface area contributed by atoms with Gasteiger partial charge < -0.3 is 61.0 Å². The van der Waals surface area contributed by atoms with Gasteiger partial charge in [-0.2, -0.15) is 7.05 Å². The number of nitrogens with zero attached hydrogens (tertiary/aromatic N) is 1. The van der Waals surface area contributed by atoms with Gasteiger partial charge in [0.05, 0.1) is 13.2 Å². The Balaban J connectivity index is -0.0000000680. The van der Waals surface area contributed by atoms with Crippen LogP contribution in [0.15, 0.2) is 0 Å². The van der Waals surface area contributed by atoms with Crippen molar-refractivity contribution in [2.45, 2.75) is 183 Å². The number of aliphatic hydroxyl groups is 3. The molecule has 0 aromatic heterocycles. The van der Waals surface area contributed by atoms with Gasteiger partial charge in [-0.3, -0.25) is 0 Å². The Hall–Kier alpha value is -0.710. The van der Waals surface area contributed by atoms with E-state index in [4.69, 9.17) is 15.3 Å². The number of hydrogen-bond acceptors (Lipinski definition) is 5. The van der Waals surface area contributed by atoms with Gasteiger partial charge in [-0.15, -0.1) is 5.54 Å². The summed E-state index contributed by atoms with van der Waals surface area (Å²) < 4.78 is 0. The molecule has 1 radical (unpaired) electrons. The van der Waals surface area contributed by atoms with Crippen molar-refractivity contribution in [2.24, 2.45) is 0 Å². The number of nitrogens with one attached hydrogen (secondary N) is 2. The molecule has 0 aliphatic heterocycles. The summed E-state index contributed by atoms with van der Waals surface area (Å²) in [6.45, 7) is 51.8. The number of aliphatic hydroxyl groups excluding tert-OH is 3. The number of benzene rings is 3. The first-order chi connectivity index (χ1) is 25.8. The van der Waals surface area contributed by atoms with Crippen LogP contribution in [0.4, 0.5) is 0 Å². The molecule has 9 heteroatoms. The molecule has 3 aromatic carbocycles. The maximum atomic E-state index is 8.53. The van der Waals surface area contributed by atoms with Crippen LogP contribution in [0.25, 0.3) is 5.32 Å². The molecule has 5 N–H and O–H groups in total. The minimum atomic E-state index is -0.236. The van der Waals surface area contributed by atoms with Crippen LogP contribution in [0, 0.1) is 154 Å². The molecule has 3 aromatic rings. The monoisotopic (exact) mass is 1160 g/mol. The van der Waals surface area contributed by atoms with Crippen LogP contribution in [-0.4, -0.2) is 72.9 Å². The Labute approximate surface area is 440 Å². The van der Waals surface area contributed by atoms with E-state index < -0.39 is 0 Å². The maximum absolute atomic E-state index is 8.53. The predicted molar refractivity (Wildman–Crippen MR) is 283 cm³/mol. The molecule has 0 aliphatic rings. The van der Waals surface area contributed by atoms with Crippen molar-refractivity contribution in [1.82, 2.24) is 10.6 Å². The van der Waals surface area contributed by atoms with E-state index in [-0.39, 0.29) is 125 Å². The fourth-order valence-corrected chi connectivity index (χ4v) is 5.29. The average Bonchev–Trinajstić information content (AvgIpc) is 3.20. The molecule has 6 nitrogen and oxygen atoms in total. The predicted octanol–water partition coefficient (Wildman–Crippen LogP) is 12.9. The van der Waals surface area contributed by atoms with Gasteiger partial charge >= 0.3 is 58.4 Å². The SMILES string of the molecule is CNC(C)(C)CO.CNC(C)(C)CO.C[N-]C(C)(C)CO.Cc1c(C)c(C)c(C)c(C)c1C.Cc1c(C)c(C)c(C)c(C)c1C.Cc1c(C)c(C)c(C)c(C)c1C.[CH3-].[CH3-].[CH3-].[CH3-].[Ru+2].[Ru+3].[RuH+2]. The van der Waals surface area contributed by atoms with Crippen molar-refractivity contribution in [3.63, 3.8) is 0 Å². The van der Waals surface area contributed by atoms with E-state index in [0.29, 0.717) is 0 Å². The molecular weight excluding hydrogens is 1050 g/mol. The second-order valence-electron chi connectivity index (χ2n) is 18.0. The Bertz CT molecular complexity index is 1180. The number of rotatable bonds is 6. The van der Waals surface area contributed by atoms with Crippen LogP contribution in [0.5, 0.6) is 0 Å². The van der Waals surface area contributed by atoms with Crippen molar-refractivity contribution >= 4 is 0 Å². The normalized spacial score (nSPS) is 9.84. The summed E-state index contributed by atoms with van der Waals surface area (Å²) >= 11 is 0. The second kappa shape index (κ2) is 39.2. The van der Waals surface area contributed by atoms with E-state index in [0.717, 1.165) is 0 Å². The quantitative estimate of drug-likeness (QED) is 0.125. The third-order valence-corrected chi connectivity index (χ3v) is 13.3. The second-order valence-corrected chi connectivity index (χ2v) is 18.0. The van der Waals surface area contributed by atoms with E-state index in [1.807, 2.05) is 55.6 Å². The van der Waals surface area contributed by atoms with E-state index in [1.165, 1.54) is 100 Å². The summed E-state index contributed by atoms with van der Waals surface area (Å²) in [6.07, 6.45) is 0. The minimum absolute atomic E-state index is 0. The zero-order valence-electron chi connectivity index (χ0n) is 47.5.